The number of alkyl halides is 3. The van der Waals surface area contributed by atoms with Crippen LogP contribution in [0.2, 0.25) is 0 Å². The van der Waals surface area contributed by atoms with Crippen molar-refractivity contribution in [3.05, 3.63) is 48.7 Å². The number of halogens is 3. The quantitative estimate of drug-likeness (QED) is 0.698. The van der Waals surface area contributed by atoms with Crippen molar-refractivity contribution in [2.75, 3.05) is 19.5 Å². The van der Waals surface area contributed by atoms with Gasteiger partial charge in [-0.1, -0.05) is 0 Å². The number of nitrogens with one attached hydrogen (secondary N) is 1. The van der Waals surface area contributed by atoms with Gasteiger partial charge in [0.15, 0.2) is 11.5 Å². The zero-order valence-electron chi connectivity index (χ0n) is 13.9. The highest BCUT2D eigenvalue weighted by molar-refractivity contribution is 5.95. The second kappa shape index (κ2) is 6.99. The van der Waals surface area contributed by atoms with Crippen molar-refractivity contribution in [3.8, 4) is 17.2 Å². The Labute approximate surface area is 147 Å². The molecule has 3 aromatic rings. The summed E-state index contributed by atoms with van der Waals surface area (Å²) in [6.45, 7) is 0. The number of pyridine rings is 1. The molecule has 2 aromatic carbocycles. The fourth-order valence-corrected chi connectivity index (χ4v) is 2.48. The number of benzene rings is 2. The molecule has 0 unspecified atom stereocenters. The molecule has 0 spiro atoms. The minimum Gasteiger partial charge on any atom is -0.493 e. The number of nitrogens with zero attached hydrogens (tertiary/aromatic N) is 1. The lowest BCUT2D eigenvalue weighted by Gasteiger charge is -2.13. The van der Waals surface area contributed by atoms with Gasteiger partial charge in [0.2, 0.25) is 0 Å². The Hall–Kier alpha value is -3.16. The van der Waals surface area contributed by atoms with Crippen LogP contribution in [0.3, 0.4) is 0 Å². The molecule has 0 aliphatic carbocycles. The Morgan fingerprint density at radius 3 is 2.19 bits per heavy atom. The van der Waals surface area contributed by atoms with E-state index >= 15 is 0 Å². The molecule has 0 fully saturated rings. The summed E-state index contributed by atoms with van der Waals surface area (Å²) >= 11 is 0. The molecular weight excluding hydrogens is 349 g/mol. The number of ether oxygens (including phenoxy) is 3. The molecule has 136 valence electrons. The lowest BCUT2D eigenvalue weighted by atomic mass is 10.1. The number of fused-ring (bicyclic) bond motifs is 1. The lowest BCUT2D eigenvalue weighted by molar-refractivity contribution is -0.274. The average molecular weight is 364 g/mol. The molecule has 0 saturated heterocycles. The summed E-state index contributed by atoms with van der Waals surface area (Å²) in [6.07, 6.45) is -3.10. The SMILES string of the molecule is COc1cc2ccnc(Nc3ccc(OC(F)(F)F)cc3)c2cc1OC. The van der Waals surface area contributed by atoms with Gasteiger partial charge in [-0.15, -0.1) is 13.2 Å². The molecule has 1 heterocycles. The van der Waals surface area contributed by atoms with Gasteiger partial charge in [-0.05, 0) is 47.9 Å². The summed E-state index contributed by atoms with van der Waals surface area (Å²) in [5.74, 6) is 1.38. The van der Waals surface area contributed by atoms with Crippen LogP contribution in [0, 0.1) is 0 Å². The van der Waals surface area contributed by atoms with Crippen LogP contribution in [0.25, 0.3) is 10.8 Å². The van der Waals surface area contributed by atoms with Crippen molar-refractivity contribution < 1.29 is 27.4 Å². The Morgan fingerprint density at radius 1 is 0.923 bits per heavy atom. The monoisotopic (exact) mass is 364 g/mol. The fraction of sp³-hybridized carbons (Fsp3) is 0.167. The molecule has 26 heavy (non-hydrogen) atoms. The second-order valence-electron chi connectivity index (χ2n) is 5.29. The fourth-order valence-electron chi connectivity index (χ4n) is 2.48. The van der Waals surface area contributed by atoms with Crippen LogP contribution in [0.1, 0.15) is 0 Å². The standard InChI is InChI=1S/C18H15F3N2O3/c1-24-15-9-11-7-8-22-17(14(11)10-16(15)25-2)23-12-3-5-13(6-4-12)26-18(19,20)21/h3-10H,1-2H3,(H,22,23). The zero-order chi connectivity index (χ0) is 18.7. The number of aromatic nitrogens is 1. The van der Waals surface area contributed by atoms with Crippen LogP contribution < -0.4 is 19.5 Å². The van der Waals surface area contributed by atoms with E-state index in [4.69, 9.17) is 9.47 Å². The van der Waals surface area contributed by atoms with Crippen molar-refractivity contribution in [1.29, 1.82) is 0 Å². The Kier molecular flexibility index (Phi) is 4.75. The van der Waals surface area contributed by atoms with E-state index in [0.29, 0.717) is 23.0 Å². The Bertz CT molecular complexity index is 912. The number of anilines is 2. The predicted octanol–water partition coefficient (Wildman–Crippen LogP) is 4.89. The van der Waals surface area contributed by atoms with E-state index < -0.39 is 6.36 Å². The first-order valence-electron chi connectivity index (χ1n) is 7.53. The second-order valence-corrected chi connectivity index (χ2v) is 5.29. The van der Waals surface area contributed by atoms with E-state index in [1.54, 1.807) is 19.4 Å². The molecule has 5 nitrogen and oxygen atoms in total. The molecule has 1 aromatic heterocycles. The van der Waals surface area contributed by atoms with Gasteiger partial charge in [-0.25, -0.2) is 4.98 Å². The average Bonchev–Trinajstić information content (AvgIpc) is 2.61. The maximum absolute atomic E-state index is 12.2. The number of hydrogen-bond acceptors (Lipinski definition) is 5. The van der Waals surface area contributed by atoms with Crippen molar-refractivity contribution in [2.45, 2.75) is 6.36 Å². The summed E-state index contributed by atoms with van der Waals surface area (Å²) in [7, 11) is 3.08. The van der Waals surface area contributed by atoms with Crippen molar-refractivity contribution in [1.82, 2.24) is 4.98 Å². The summed E-state index contributed by atoms with van der Waals surface area (Å²) in [5.41, 5.74) is 0.564. The number of hydrogen-bond donors (Lipinski definition) is 1. The smallest absolute Gasteiger partial charge is 0.493 e. The van der Waals surface area contributed by atoms with Crippen LogP contribution in [-0.4, -0.2) is 25.6 Å². The van der Waals surface area contributed by atoms with Gasteiger partial charge in [-0.2, -0.15) is 0 Å². The zero-order valence-corrected chi connectivity index (χ0v) is 13.9. The molecule has 0 saturated carbocycles. The first-order chi connectivity index (χ1) is 12.4. The van der Waals surface area contributed by atoms with Gasteiger partial charge in [0.05, 0.1) is 14.2 Å². The third-order valence-electron chi connectivity index (χ3n) is 3.62. The van der Waals surface area contributed by atoms with Gasteiger partial charge in [-0.3, -0.25) is 0 Å². The summed E-state index contributed by atoms with van der Waals surface area (Å²) in [5, 5.41) is 4.73. The maximum Gasteiger partial charge on any atom is 0.573 e. The van der Waals surface area contributed by atoms with E-state index in [9.17, 15) is 13.2 Å². The van der Waals surface area contributed by atoms with Gasteiger partial charge in [0.1, 0.15) is 11.6 Å². The molecule has 0 aliphatic heterocycles. The van der Waals surface area contributed by atoms with Crippen molar-refractivity contribution in [3.63, 3.8) is 0 Å². The van der Waals surface area contributed by atoms with Crippen molar-refractivity contribution >= 4 is 22.3 Å². The predicted molar refractivity (Wildman–Crippen MR) is 91.3 cm³/mol. The first-order valence-corrected chi connectivity index (χ1v) is 7.53. The van der Waals surface area contributed by atoms with E-state index in [0.717, 1.165) is 10.8 Å². The molecule has 0 atom stereocenters. The molecule has 8 heteroatoms. The molecule has 0 aliphatic rings. The van der Waals surface area contributed by atoms with E-state index in [1.165, 1.54) is 31.4 Å². The normalized spacial score (nSPS) is 11.3. The molecule has 0 radical (unpaired) electrons. The molecule has 0 bridgehead atoms. The molecule has 1 N–H and O–H groups in total. The third-order valence-corrected chi connectivity index (χ3v) is 3.62. The third kappa shape index (κ3) is 3.90. The van der Waals surface area contributed by atoms with Gasteiger partial charge in [0, 0.05) is 17.3 Å². The number of rotatable bonds is 5. The topological polar surface area (TPSA) is 52.6 Å². The van der Waals surface area contributed by atoms with Crippen LogP contribution in [0.5, 0.6) is 17.2 Å². The van der Waals surface area contributed by atoms with Gasteiger partial charge >= 0.3 is 6.36 Å². The molecule has 3 rings (SSSR count). The summed E-state index contributed by atoms with van der Waals surface area (Å²) in [4.78, 5) is 4.30. The highest BCUT2D eigenvalue weighted by atomic mass is 19.4. The van der Waals surface area contributed by atoms with Crippen LogP contribution in [-0.2, 0) is 0 Å². The minimum absolute atomic E-state index is 0.291. The molecule has 0 amide bonds. The Balaban J connectivity index is 1.91. The highest BCUT2D eigenvalue weighted by Gasteiger charge is 2.30. The number of methoxy groups -OCH3 is 2. The Morgan fingerprint density at radius 2 is 1.58 bits per heavy atom. The highest BCUT2D eigenvalue weighted by Crippen LogP contribution is 2.35. The van der Waals surface area contributed by atoms with Gasteiger partial charge in [0.25, 0.3) is 0 Å². The van der Waals surface area contributed by atoms with Gasteiger partial charge < -0.3 is 19.5 Å². The minimum atomic E-state index is -4.72. The molecular formula is C18H15F3N2O3. The van der Waals surface area contributed by atoms with Crippen LogP contribution in [0.4, 0.5) is 24.7 Å². The van der Waals surface area contributed by atoms with Crippen molar-refractivity contribution in [2.24, 2.45) is 0 Å². The summed E-state index contributed by atoms with van der Waals surface area (Å²) in [6, 6.07) is 10.8. The van der Waals surface area contributed by atoms with E-state index in [2.05, 4.69) is 15.0 Å². The maximum atomic E-state index is 12.2. The van der Waals surface area contributed by atoms with Crippen LogP contribution in [0.15, 0.2) is 48.7 Å². The summed E-state index contributed by atoms with van der Waals surface area (Å²) < 4.78 is 51.1. The lowest BCUT2D eigenvalue weighted by Crippen LogP contribution is -2.16. The largest absolute Gasteiger partial charge is 0.573 e. The van der Waals surface area contributed by atoms with E-state index in [-0.39, 0.29) is 5.75 Å². The van der Waals surface area contributed by atoms with Crippen LogP contribution >= 0.6 is 0 Å². The first kappa shape index (κ1) is 17.7. The van der Waals surface area contributed by atoms with E-state index in [1.807, 2.05) is 12.1 Å².